The summed E-state index contributed by atoms with van der Waals surface area (Å²) in [6.07, 6.45) is 0. The van der Waals surface area contributed by atoms with Crippen molar-refractivity contribution in [3.05, 3.63) is 57.8 Å². The third-order valence-corrected chi connectivity index (χ3v) is 2.96. The van der Waals surface area contributed by atoms with Crippen LogP contribution in [-0.2, 0) is 0 Å². The number of benzene rings is 2. The van der Waals surface area contributed by atoms with E-state index in [-0.39, 0.29) is 15.8 Å². The second-order valence-electron chi connectivity index (χ2n) is 3.93. The summed E-state index contributed by atoms with van der Waals surface area (Å²) in [5.41, 5.74) is 5.29. The van der Waals surface area contributed by atoms with Crippen molar-refractivity contribution >= 4 is 21.8 Å². The normalized spacial score (nSPS) is 11.5. The van der Waals surface area contributed by atoms with Crippen LogP contribution in [-0.4, -0.2) is 11.0 Å². The maximum absolute atomic E-state index is 13.7. The van der Waals surface area contributed by atoms with Gasteiger partial charge in [-0.2, -0.15) is 4.39 Å². The molecule has 2 aromatic carbocycles. The first-order valence-electron chi connectivity index (χ1n) is 5.52. The molecular formula is C13H8BrF3N2O2. The SMILES string of the molecule is N/C(=N/O)c1cc(F)ccc1Oc1cc(Br)cc(F)c1F. The van der Waals surface area contributed by atoms with E-state index in [1.54, 1.807) is 0 Å². The van der Waals surface area contributed by atoms with Crippen LogP contribution < -0.4 is 10.5 Å². The molecule has 0 atom stereocenters. The average Bonchev–Trinajstić information content (AvgIpc) is 2.45. The fourth-order valence-corrected chi connectivity index (χ4v) is 1.98. The molecule has 8 heteroatoms. The maximum atomic E-state index is 13.7. The molecule has 0 unspecified atom stereocenters. The number of amidine groups is 1. The zero-order valence-corrected chi connectivity index (χ0v) is 11.9. The van der Waals surface area contributed by atoms with Crippen LogP contribution >= 0.6 is 15.9 Å². The molecule has 2 rings (SSSR count). The molecule has 21 heavy (non-hydrogen) atoms. The van der Waals surface area contributed by atoms with E-state index in [0.29, 0.717) is 0 Å². The van der Waals surface area contributed by atoms with E-state index in [1.807, 2.05) is 0 Å². The van der Waals surface area contributed by atoms with Crippen LogP contribution in [0.5, 0.6) is 11.5 Å². The summed E-state index contributed by atoms with van der Waals surface area (Å²) in [7, 11) is 0. The van der Waals surface area contributed by atoms with E-state index in [1.165, 1.54) is 6.07 Å². The van der Waals surface area contributed by atoms with Crippen molar-refractivity contribution in [3.63, 3.8) is 0 Å². The number of nitrogens with zero attached hydrogens (tertiary/aromatic N) is 1. The lowest BCUT2D eigenvalue weighted by Crippen LogP contribution is -2.14. The number of rotatable bonds is 3. The molecule has 0 heterocycles. The molecule has 0 spiro atoms. The summed E-state index contributed by atoms with van der Waals surface area (Å²) in [5, 5.41) is 11.4. The van der Waals surface area contributed by atoms with Crippen molar-refractivity contribution in [1.82, 2.24) is 0 Å². The molecule has 0 saturated carbocycles. The Labute approximate surface area is 125 Å². The first-order chi connectivity index (χ1) is 9.92. The molecule has 110 valence electrons. The zero-order valence-electron chi connectivity index (χ0n) is 10.3. The fraction of sp³-hybridized carbons (Fsp3) is 0. The van der Waals surface area contributed by atoms with Gasteiger partial charge in [0.1, 0.15) is 11.6 Å². The molecule has 0 aliphatic heterocycles. The molecule has 0 amide bonds. The lowest BCUT2D eigenvalue weighted by atomic mass is 10.2. The van der Waals surface area contributed by atoms with Crippen molar-refractivity contribution < 1.29 is 23.1 Å². The summed E-state index contributed by atoms with van der Waals surface area (Å²) < 4.78 is 45.6. The standard InChI is InChI=1S/C13H8BrF3N2O2/c14-6-3-9(16)12(17)11(4-6)21-10-2-1-7(15)5-8(10)13(18)19-20/h1-5,20H,(H2,18,19). The highest BCUT2D eigenvalue weighted by Crippen LogP contribution is 2.31. The number of hydrogen-bond donors (Lipinski definition) is 2. The summed E-state index contributed by atoms with van der Waals surface area (Å²) >= 11 is 3.00. The lowest BCUT2D eigenvalue weighted by Gasteiger charge is -2.11. The molecule has 2 aromatic rings. The highest BCUT2D eigenvalue weighted by Gasteiger charge is 2.16. The van der Waals surface area contributed by atoms with Gasteiger partial charge in [0.05, 0.1) is 5.56 Å². The monoisotopic (exact) mass is 360 g/mol. The van der Waals surface area contributed by atoms with E-state index in [2.05, 4.69) is 21.1 Å². The maximum Gasteiger partial charge on any atom is 0.201 e. The molecule has 0 aliphatic rings. The van der Waals surface area contributed by atoms with E-state index >= 15 is 0 Å². The predicted molar refractivity (Wildman–Crippen MR) is 73.0 cm³/mol. The van der Waals surface area contributed by atoms with Crippen LogP contribution in [0.3, 0.4) is 0 Å². The highest BCUT2D eigenvalue weighted by molar-refractivity contribution is 9.10. The van der Waals surface area contributed by atoms with Crippen LogP contribution in [0.2, 0.25) is 0 Å². The number of oxime groups is 1. The van der Waals surface area contributed by atoms with E-state index in [9.17, 15) is 13.2 Å². The van der Waals surface area contributed by atoms with Crippen LogP contribution in [0, 0.1) is 17.5 Å². The minimum atomic E-state index is -1.21. The fourth-order valence-electron chi connectivity index (χ4n) is 1.57. The molecular weight excluding hydrogens is 353 g/mol. The highest BCUT2D eigenvalue weighted by atomic mass is 79.9. The third kappa shape index (κ3) is 3.27. The molecule has 0 fully saturated rings. The minimum absolute atomic E-state index is 0.0944. The van der Waals surface area contributed by atoms with Crippen LogP contribution in [0.25, 0.3) is 0 Å². The van der Waals surface area contributed by atoms with Gasteiger partial charge in [-0.15, -0.1) is 0 Å². The smallest absolute Gasteiger partial charge is 0.201 e. The Kier molecular flexibility index (Phi) is 4.37. The molecule has 0 radical (unpaired) electrons. The third-order valence-electron chi connectivity index (χ3n) is 2.50. The largest absolute Gasteiger partial charge is 0.453 e. The Hall–Kier alpha value is -2.22. The second-order valence-corrected chi connectivity index (χ2v) is 4.84. The van der Waals surface area contributed by atoms with Gasteiger partial charge in [-0.05, 0) is 30.3 Å². The Morgan fingerprint density at radius 2 is 1.86 bits per heavy atom. The van der Waals surface area contributed by atoms with Crippen LogP contribution in [0.4, 0.5) is 13.2 Å². The van der Waals surface area contributed by atoms with Gasteiger partial charge in [0.25, 0.3) is 0 Å². The van der Waals surface area contributed by atoms with Crippen LogP contribution in [0.1, 0.15) is 5.56 Å². The Bertz CT molecular complexity index is 723. The summed E-state index contributed by atoms with van der Waals surface area (Å²) in [6.45, 7) is 0. The number of nitrogens with two attached hydrogens (primary N) is 1. The van der Waals surface area contributed by atoms with Crippen molar-refractivity contribution in [1.29, 1.82) is 0 Å². The Balaban J connectivity index is 2.50. The van der Waals surface area contributed by atoms with Crippen LogP contribution in [0.15, 0.2) is 40.0 Å². The van der Waals surface area contributed by atoms with Crippen molar-refractivity contribution in [2.24, 2.45) is 10.9 Å². The predicted octanol–water partition coefficient (Wildman–Crippen LogP) is 3.75. The van der Waals surface area contributed by atoms with E-state index in [4.69, 9.17) is 15.7 Å². The first kappa shape index (κ1) is 15.2. The molecule has 0 aliphatic carbocycles. The van der Waals surface area contributed by atoms with Gasteiger partial charge in [0.2, 0.25) is 5.82 Å². The van der Waals surface area contributed by atoms with Crippen molar-refractivity contribution in [3.8, 4) is 11.5 Å². The van der Waals surface area contributed by atoms with E-state index < -0.39 is 29.0 Å². The van der Waals surface area contributed by atoms with Gasteiger partial charge < -0.3 is 15.7 Å². The quantitative estimate of drug-likeness (QED) is 0.288. The number of hydrogen-bond acceptors (Lipinski definition) is 3. The number of ether oxygens (including phenoxy) is 1. The Morgan fingerprint density at radius 1 is 1.14 bits per heavy atom. The molecule has 0 saturated heterocycles. The second kappa shape index (κ2) is 6.04. The van der Waals surface area contributed by atoms with Gasteiger partial charge >= 0.3 is 0 Å². The minimum Gasteiger partial charge on any atom is -0.453 e. The molecule has 4 nitrogen and oxygen atoms in total. The molecule has 3 N–H and O–H groups in total. The lowest BCUT2D eigenvalue weighted by molar-refractivity contribution is 0.318. The van der Waals surface area contributed by atoms with Crippen molar-refractivity contribution in [2.45, 2.75) is 0 Å². The zero-order chi connectivity index (χ0) is 15.6. The summed E-state index contributed by atoms with van der Waals surface area (Å²) in [4.78, 5) is 0. The van der Waals surface area contributed by atoms with Gasteiger partial charge in [-0.25, -0.2) is 8.78 Å². The summed E-state index contributed by atoms with van der Waals surface area (Å²) in [6, 6.07) is 5.25. The topological polar surface area (TPSA) is 67.8 Å². The van der Waals surface area contributed by atoms with E-state index in [0.717, 1.165) is 24.3 Å². The van der Waals surface area contributed by atoms with Crippen molar-refractivity contribution in [2.75, 3.05) is 0 Å². The van der Waals surface area contributed by atoms with Gasteiger partial charge in [0, 0.05) is 4.47 Å². The number of halogens is 4. The first-order valence-corrected chi connectivity index (χ1v) is 6.31. The van der Waals surface area contributed by atoms with Gasteiger partial charge in [0.15, 0.2) is 17.4 Å². The average molecular weight is 361 g/mol. The molecule has 0 bridgehead atoms. The summed E-state index contributed by atoms with van der Waals surface area (Å²) in [5.74, 6) is -3.95. The van der Waals surface area contributed by atoms with Gasteiger partial charge in [-0.1, -0.05) is 21.1 Å². The molecule has 0 aromatic heterocycles. The van der Waals surface area contributed by atoms with Gasteiger partial charge in [-0.3, -0.25) is 0 Å². The Morgan fingerprint density at radius 3 is 2.52 bits per heavy atom.